The zero-order valence-electron chi connectivity index (χ0n) is 13.2. The molecule has 3 amide bonds. The number of nitrogens with one attached hydrogen (secondary N) is 2. The maximum absolute atomic E-state index is 12.4. The maximum Gasteiger partial charge on any atom is 0.262 e. The van der Waals surface area contributed by atoms with Crippen molar-refractivity contribution in [3.05, 3.63) is 51.8 Å². The summed E-state index contributed by atoms with van der Waals surface area (Å²) in [6.07, 6.45) is 0. The molecule has 3 rings (SSSR count). The molecular formula is C16H14N4O5. The van der Waals surface area contributed by atoms with E-state index in [1.54, 1.807) is 18.2 Å². The third-order valence-corrected chi connectivity index (χ3v) is 3.62. The molecule has 0 bridgehead atoms. The molecule has 1 aliphatic heterocycles. The van der Waals surface area contributed by atoms with Crippen molar-refractivity contribution in [1.29, 1.82) is 0 Å². The van der Waals surface area contributed by atoms with Gasteiger partial charge in [-0.3, -0.25) is 29.1 Å². The van der Waals surface area contributed by atoms with Crippen LogP contribution in [0.15, 0.2) is 35.1 Å². The standard InChI is InChI=1S/C16H14N4O5/c1-25-7-11(21)18-8-3-2-4-9(5-8)20-12(22)6-10-13(14(20)17)16(24)19-15(10)23/h2-6H,7,17H2,1H3,(H,18,21)(H,19,23,24). The van der Waals surface area contributed by atoms with Crippen LogP contribution in [-0.4, -0.2) is 36.0 Å². The number of nitrogen functional groups attached to an aromatic ring is 1. The van der Waals surface area contributed by atoms with Crippen LogP contribution in [0.4, 0.5) is 11.5 Å². The van der Waals surface area contributed by atoms with Crippen LogP contribution in [-0.2, 0) is 9.53 Å². The fourth-order valence-corrected chi connectivity index (χ4v) is 2.60. The first-order chi connectivity index (χ1) is 11.9. The van der Waals surface area contributed by atoms with Crippen molar-refractivity contribution in [2.24, 2.45) is 0 Å². The lowest BCUT2D eigenvalue weighted by Crippen LogP contribution is -2.24. The number of hydrogen-bond acceptors (Lipinski definition) is 6. The van der Waals surface area contributed by atoms with Gasteiger partial charge < -0.3 is 15.8 Å². The van der Waals surface area contributed by atoms with Crippen molar-refractivity contribution in [2.75, 3.05) is 24.8 Å². The topological polar surface area (TPSA) is 133 Å². The fourth-order valence-electron chi connectivity index (χ4n) is 2.60. The van der Waals surface area contributed by atoms with Crippen LogP contribution in [0, 0.1) is 0 Å². The van der Waals surface area contributed by atoms with Gasteiger partial charge >= 0.3 is 0 Å². The highest BCUT2D eigenvalue weighted by atomic mass is 16.5. The minimum atomic E-state index is -0.657. The Bertz CT molecular complexity index is 963. The monoisotopic (exact) mass is 342 g/mol. The molecule has 0 saturated heterocycles. The second-order valence-electron chi connectivity index (χ2n) is 5.31. The fraction of sp³-hybridized carbons (Fsp3) is 0.125. The average molecular weight is 342 g/mol. The highest BCUT2D eigenvalue weighted by Gasteiger charge is 2.31. The summed E-state index contributed by atoms with van der Waals surface area (Å²) < 4.78 is 5.84. The maximum atomic E-state index is 12.4. The van der Waals surface area contributed by atoms with Crippen LogP contribution in [0.3, 0.4) is 0 Å². The second-order valence-corrected chi connectivity index (χ2v) is 5.31. The summed E-state index contributed by atoms with van der Waals surface area (Å²) in [7, 11) is 1.40. The number of amides is 3. The van der Waals surface area contributed by atoms with Crippen LogP contribution in [0.2, 0.25) is 0 Å². The van der Waals surface area contributed by atoms with Gasteiger partial charge in [0, 0.05) is 18.9 Å². The Balaban J connectivity index is 2.08. The van der Waals surface area contributed by atoms with E-state index in [0.29, 0.717) is 11.4 Å². The number of fused-ring (bicyclic) bond motifs is 1. The highest BCUT2D eigenvalue weighted by Crippen LogP contribution is 2.23. The second kappa shape index (κ2) is 6.21. The van der Waals surface area contributed by atoms with Crippen molar-refractivity contribution in [1.82, 2.24) is 9.88 Å². The molecule has 0 fully saturated rings. The first-order valence-corrected chi connectivity index (χ1v) is 7.23. The number of benzene rings is 1. The third kappa shape index (κ3) is 2.88. The van der Waals surface area contributed by atoms with E-state index in [0.717, 1.165) is 10.6 Å². The van der Waals surface area contributed by atoms with Gasteiger partial charge in [-0.15, -0.1) is 0 Å². The molecule has 0 aliphatic carbocycles. The number of aromatic nitrogens is 1. The largest absolute Gasteiger partial charge is 0.384 e. The van der Waals surface area contributed by atoms with Crippen molar-refractivity contribution >= 4 is 29.2 Å². The molecule has 1 aromatic heterocycles. The van der Waals surface area contributed by atoms with Crippen molar-refractivity contribution < 1.29 is 19.1 Å². The lowest BCUT2D eigenvalue weighted by molar-refractivity contribution is -0.119. The molecule has 0 atom stereocenters. The quantitative estimate of drug-likeness (QED) is 0.664. The van der Waals surface area contributed by atoms with Crippen LogP contribution in [0.5, 0.6) is 0 Å². The summed E-state index contributed by atoms with van der Waals surface area (Å²) in [5, 5.41) is 4.71. The molecule has 0 unspecified atom stereocenters. The number of rotatable bonds is 4. The molecule has 0 saturated carbocycles. The molecule has 1 aliphatic rings. The number of pyridine rings is 1. The van der Waals surface area contributed by atoms with Crippen LogP contribution < -0.4 is 21.9 Å². The number of anilines is 2. The molecule has 128 valence electrons. The summed E-state index contributed by atoms with van der Waals surface area (Å²) in [5.41, 5.74) is 6.07. The highest BCUT2D eigenvalue weighted by molar-refractivity contribution is 6.23. The van der Waals surface area contributed by atoms with E-state index in [-0.39, 0.29) is 29.5 Å². The molecule has 9 nitrogen and oxygen atoms in total. The molecule has 2 heterocycles. The molecular weight excluding hydrogens is 328 g/mol. The van der Waals surface area contributed by atoms with Crippen molar-refractivity contribution in [2.45, 2.75) is 0 Å². The van der Waals surface area contributed by atoms with Gasteiger partial charge in [0.2, 0.25) is 5.91 Å². The zero-order valence-corrected chi connectivity index (χ0v) is 13.2. The molecule has 25 heavy (non-hydrogen) atoms. The van der Waals surface area contributed by atoms with E-state index < -0.39 is 17.4 Å². The van der Waals surface area contributed by atoms with Gasteiger partial charge in [-0.1, -0.05) is 6.07 Å². The van der Waals surface area contributed by atoms with Gasteiger partial charge in [0.25, 0.3) is 17.4 Å². The van der Waals surface area contributed by atoms with Gasteiger partial charge in [-0.25, -0.2) is 0 Å². The molecule has 0 spiro atoms. The Morgan fingerprint density at radius 1 is 1.24 bits per heavy atom. The number of imide groups is 1. The van der Waals surface area contributed by atoms with Crippen molar-refractivity contribution in [3.8, 4) is 5.69 Å². The zero-order chi connectivity index (χ0) is 18.1. The first kappa shape index (κ1) is 16.4. The smallest absolute Gasteiger partial charge is 0.262 e. The first-order valence-electron chi connectivity index (χ1n) is 7.23. The number of ether oxygens (including phenoxy) is 1. The average Bonchev–Trinajstić information content (AvgIpc) is 2.82. The van der Waals surface area contributed by atoms with Crippen LogP contribution >= 0.6 is 0 Å². The number of methoxy groups -OCH3 is 1. The molecule has 2 aromatic rings. The summed E-state index contributed by atoms with van der Waals surface area (Å²) in [5.74, 6) is -1.82. The van der Waals surface area contributed by atoms with Gasteiger partial charge in [0.05, 0.1) is 16.8 Å². The Labute approximate surface area is 141 Å². The predicted molar refractivity (Wildman–Crippen MR) is 88.8 cm³/mol. The van der Waals surface area contributed by atoms with Crippen LogP contribution in [0.1, 0.15) is 20.7 Å². The number of hydrogen-bond donors (Lipinski definition) is 3. The third-order valence-electron chi connectivity index (χ3n) is 3.62. The molecule has 1 aromatic carbocycles. The van der Waals surface area contributed by atoms with Gasteiger partial charge in [-0.2, -0.15) is 0 Å². The van der Waals surface area contributed by atoms with E-state index >= 15 is 0 Å². The van der Waals surface area contributed by atoms with Gasteiger partial charge in [-0.05, 0) is 18.2 Å². The Hall–Kier alpha value is -3.46. The Morgan fingerprint density at radius 2 is 2.00 bits per heavy atom. The SMILES string of the molecule is COCC(=O)Nc1cccc(-n2c(N)c3c(cc2=O)C(=O)NC3=O)c1. The number of carbonyl (C=O) groups is 3. The number of nitrogens with two attached hydrogens (primary N) is 1. The number of nitrogens with zero attached hydrogens (tertiary/aromatic N) is 1. The molecule has 9 heteroatoms. The summed E-state index contributed by atoms with van der Waals surface area (Å²) in [6, 6.07) is 7.41. The van der Waals surface area contributed by atoms with Crippen LogP contribution in [0.25, 0.3) is 5.69 Å². The molecule has 4 N–H and O–H groups in total. The van der Waals surface area contributed by atoms with E-state index in [2.05, 4.69) is 10.6 Å². The molecule has 0 radical (unpaired) electrons. The summed E-state index contributed by atoms with van der Waals surface area (Å²) in [6.45, 7) is -0.118. The summed E-state index contributed by atoms with van der Waals surface area (Å²) in [4.78, 5) is 47.5. The Kier molecular flexibility index (Phi) is 4.07. The minimum Gasteiger partial charge on any atom is -0.384 e. The van der Waals surface area contributed by atoms with E-state index in [9.17, 15) is 19.2 Å². The Morgan fingerprint density at radius 3 is 2.72 bits per heavy atom. The minimum absolute atomic E-state index is 0.0431. The van der Waals surface area contributed by atoms with E-state index in [4.69, 9.17) is 10.5 Å². The van der Waals surface area contributed by atoms with E-state index in [1.807, 2.05) is 0 Å². The van der Waals surface area contributed by atoms with Gasteiger partial charge in [0.1, 0.15) is 12.4 Å². The lowest BCUT2D eigenvalue weighted by Gasteiger charge is -2.13. The van der Waals surface area contributed by atoms with E-state index in [1.165, 1.54) is 13.2 Å². The predicted octanol–water partition coefficient (Wildman–Crippen LogP) is -0.112. The summed E-state index contributed by atoms with van der Waals surface area (Å²) >= 11 is 0. The normalized spacial score (nSPS) is 12.7. The number of carbonyl (C=O) groups excluding carboxylic acids is 3. The lowest BCUT2D eigenvalue weighted by atomic mass is 10.1. The van der Waals surface area contributed by atoms with Gasteiger partial charge in [0.15, 0.2) is 0 Å². The van der Waals surface area contributed by atoms with Crippen molar-refractivity contribution in [3.63, 3.8) is 0 Å².